The SMILES string of the molecule is C[C@@H](C(=O)NC1CC1)c1ncc(C(F)(F)F)cc1Cl. The van der Waals surface area contributed by atoms with Crippen LogP contribution in [0.2, 0.25) is 5.02 Å². The Morgan fingerprint density at radius 3 is 2.63 bits per heavy atom. The van der Waals surface area contributed by atoms with Gasteiger partial charge in [-0.15, -0.1) is 0 Å². The fourth-order valence-electron chi connectivity index (χ4n) is 1.60. The second kappa shape index (κ2) is 5.00. The number of nitrogens with zero attached hydrogens (tertiary/aromatic N) is 1. The van der Waals surface area contributed by atoms with E-state index in [0.29, 0.717) is 6.20 Å². The van der Waals surface area contributed by atoms with Gasteiger partial charge < -0.3 is 5.32 Å². The van der Waals surface area contributed by atoms with Gasteiger partial charge in [-0.2, -0.15) is 13.2 Å². The summed E-state index contributed by atoms with van der Waals surface area (Å²) in [5.41, 5.74) is -0.760. The number of hydrogen-bond acceptors (Lipinski definition) is 2. The van der Waals surface area contributed by atoms with Crippen LogP contribution >= 0.6 is 11.6 Å². The van der Waals surface area contributed by atoms with E-state index in [4.69, 9.17) is 11.6 Å². The van der Waals surface area contributed by atoms with Crippen molar-refractivity contribution in [2.45, 2.75) is 37.9 Å². The maximum atomic E-state index is 12.5. The molecule has 0 unspecified atom stereocenters. The molecular formula is C12H12ClF3N2O. The number of alkyl halides is 3. The van der Waals surface area contributed by atoms with Gasteiger partial charge in [0, 0.05) is 12.2 Å². The van der Waals surface area contributed by atoms with Crippen LogP contribution in [0.1, 0.15) is 36.9 Å². The molecule has 19 heavy (non-hydrogen) atoms. The minimum Gasteiger partial charge on any atom is -0.353 e. The molecule has 0 saturated heterocycles. The molecule has 1 aromatic heterocycles. The van der Waals surface area contributed by atoms with Gasteiger partial charge in [0.1, 0.15) is 0 Å². The molecule has 1 aliphatic rings. The lowest BCUT2D eigenvalue weighted by molar-refractivity contribution is -0.137. The van der Waals surface area contributed by atoms with Crippen molar-refractivity contribution < 1.29 is 18.0 Å². The van der Waals surface area contributed by atoms with E-state index in [1.54, 1.807) is 6.92 Å². The second-order valence-corrected chi connectivity index (χ2v) is 5.00. The lowest BCUT2D eigenvalue weighted by atomic mass is 10.1. The van der Waals surface area contributed by atoms with E-state index in [2.05, 4.69) is 10.3 Å². The molecule has 7 heteroatoms. The smallest absolute Gasteiger partial charge is 0.353 e. The number of aromatic nitrogens is 1. The van der Waals surface area contributed by atoms with Gasteiger partial charge >= 0.3 is 6.18 Å². The number of pyridine rings is 1. The van der Waals surface area contributed by atoms with Gasteiger partial charge in [-0.05, 0) is 25.8 Å². The van der Waals surface area contributed by atoms with Crippen LogP contribution in [0.3, 0.4) is 0 Å². The average molecular weight is 293 g/mol. The van der Waals surface area contributed by atoms with Crippen molar-refractivity contribution >= 4 is 17.5 Å². The van der Waals surface area contributed by atoms with Crippen molar-refractivity contribution in [2.75, 3.05) is 0 Å². The topological polar surface area (TPSA) is 42.0 Å². The predicted molar refractivity (Wildman–Crippen MR) is 63.8 cm³/mol. The Bertz CT molecular complexity index is 500. The fraction of sp³-hybridized carbons (Fsp3) is 0.500. The van der Waals surface area contributed by atoms with E-state index in [9.17, 15) is 18.0 Å². The highest BCUT2D eigenvalue weighted by molar-refractivity contribution is 6.31. The summed E-state index contributed by atoms with van der Waals surface area (Å²) in [5.74, 6) is -0.938. The largest absolute Gasteiger partial charge is 0.417 e. The second-order valence-electron chi connectivity index (χ2n) is 4.59. The van der Waals surface area contributed by atoms with E-state index in [1.165, 1.54) is 0 Å². The molecule has 1 atom stereocenters. The monoisotopic (exact) mass is 292 g/mol. The lowest BCUT2D eigenvalue weighted by Crippen LogP contribution is -2.30. The maximum Gasteiger partial charge on any atom is 0.417 e. The highest BCUT2D eigenvalue weighted by atomic mass is 35.5. The third-order valence-corrected chi connectivity index (χ3v) is 3.23. The highest BCUT2D eigenvalue weighted by Gasteiger charge is 2.33. The summed E-state index contributed by atoms with van der Waals surface area (Å²) in [4.78, 5) is 15.5. The molecule has 0 aliphatic heterocycles. The Hall–Kier alpha value is -1.30. The minimum atomic E-state index is -4.49. The first-order valence-corrected chi connectivity index (χ1v) is 6.20. The molecule has 1 N–H and O–H groups in total. The lowest BCUT2D eigenvalue weighted by Gasteiger charge is -2.14. The first-order valence-electron chi connectivity index (χ1n) is 5.82. The van der Waals surface area contributed by atoms with Crippen molar-refractivity contribution in [1.29, 1.82) is 0 Å². The molecule has 0 spiro atoms. The van der Waals surface area contributed by atoms with Crippen molar-refractivity contribution in [1.82, 2.24) is 10.3 Å². The van der Waals surface area contributed by atoms with Gasteiger partial charge in [0.25, 0.3) is 0 Å². The van der Waals surface area contributed by atoms with Crippen LogP contribution in [0, 0.1) is 0 Å². The van der Waals surface area contributed by atoms with Crippen LogP contribution in [-0.4, -0.2) is 16.9 Å². The van der Waals surface area contributed by atoms with Crippen molar-refractivity contribution in [3.63, 3.8) is 0 Å². The normalized spacial score (nSPS) is 17.1. The molecule has 0 aromatic carbocycles. The predicted octanol–water partition coefficient (Wildman–Crippen LogP) is 3.14. The molecule has 3 nitrogen and oxygen atoms in total. The summed E-state index contributed by atoms with van der Waals surface area (Å²) < 4.78 is 37.4. The van der Waals surface area contributed by atoms with E-state index < -0.39 is 17.7 Å². The van der Waals surface area contributed by atoms with Gasteiger partial charge in [0.05, 0.1) is 22.2 Å². The standard InChI is InChI=1S/C12H12ClF3N2O/c1-6(11(19)18-8-2-3-8)10-9(13)4-7(5-17-10)12(14,15)16/h4-6,8H,2-3H2,1H3,(H,18,19)/t6-/m1/s1. The summed E-state index contributed by atoms with van der Waals surface area (Å²) in [7, 11) is 0. The Labute approximate surface area is 113 Å². The molecule has 1 amide bonds. The molecular weight excluding hydrogens is 281 g/mol. The molecule has 1 saturated carbocycles. The molecule has 1 heterocycles. The summed E-state index contributed by atoms with van der Waals surface area (Å²) in [6, 6.07) is 0.980. The van der Waals surface area contributed by atoms with Crippen LogP contribution in [0.25, 0.3) is 0 Å². The molecule has 104 valence electrons. The van der Waals surface area contributed by atoms with Crippen LogP contribution in [-0.2, 0) is 11.0 Å². The van der Waals surface area contributed by atoms with Crippen molar-refractivity contribution in [3.8, 4) is 0 Å². The van der Waals surface area contributed by atoms with Crippen LogP contribution in [0.4, 0.5) is 13.2 Å². The van der Waals surface area contributed by atoms with Crippen LogP contribution in [0.5, 0.6) is 0 Å². The van der Waals surface area contributed by atoms with Crippen molar-refractivity contribution in [3.05, 3.63) is 28.5 Å². The average Bonchev–Trinajstić information content (AvgIpc) is 3.10. The van der Waals surface area contributed by atoms with Crippen LogP contribution < -0.4 is 5.32 Å². The summed E-state index contributed by atoms with van der Waals surface area (Å²) >= 11 is 5.78. The number of carbonyl (C=O) groups excluding carboxylic acids is 1. The highest BCUT2D eigenvalue weighted by Crippen LogP contribution is 2.33. The number of halogens is 4. The fourth-order valence-corrected chi connectivity index (χ4v) is 1.93. The Balaban J connectivity index is 2.17. The maximum absolute atomic E-state index is 12.5. The zero-order valence-corrected chi connectivity index (χ0v) is 10.8. The number of hydrogen-bond donors (Lipinski definition) is 1. The van der Waals surface area contributed by atoms with Crippen molar-refractivity contribution in [2.24, 2.45) is 0 Å². The van der Waals surface area contributed by atoms with Gasteiger partial charge in [-0.3, -0.25) is 9.78 Å². The Kier molecular flexibility index (Phi) is 3.71. The molecule has 0 bridgehead atoms. The van der Waals surface area contributed by atoms with E-state index in [0.717, 1.165) is 18.9 Å². The van der Waals surface area contributed by atoms with Gasteiger partial charge in [-0.25, -0.2) is 0 Å². The molecule has 1 fully saturated rings. The number of amides is 1. The number of nitrogens with one attached hydrogen (secondary N) is 1. The summed E-state index contributed by atoms with van der Waals surface area (Å²) in [6.07, 6.45) is -1.92. The summed E-state index contributed by atoms with van der Waals surface area (Å²) in [6.45, 7) is 1.57. The van der Waals surface area contributed by atoms with Crippen LogP contribution in [0.15, 0.2) is 12.3 Å². The molecule has 2 rings (SSSR count). The zero-order valence-electron chi connectivity index (χ0n) is 10.1. The Morgan fingerprint density at radius 1 is 1.53 bits per heavy atom. The molecule has 0 radical (unpaired) electrons. The summed E-state index contributed by atoms with van der Waals surface area (Å²) in [5, 5.41) is 2.62. The van der Waals surface area contributed by atoms with E-state index in [1.807, 2.05) is 0 Å². The molecule has 1 aliphatic carbocycles. The Morgan fingerprint density at radius 2 is 2.16 bits per heavy atom. The van der Waals surface area contributed by atoms with Gasteiger partial charge in [-0.1, -0.05) is 11.6 Å². The molecule has 1 aromatic rings. The van der Waals surface area contributed by atoms with E-state index in [-0.39, 0.29) is 22.7 Å². The minimum absolute atomic E-state index is 0.145. The first-order chi connectivity index (χ1) is 8.79. The quantitative estimate of drug-likeness (QED) is 0.930. The third kappa shape index (κ3) is 3.37. The zero-order chi connectivity index (χ0) is 14.2. The van der Waals surface area contributed by atoms with Gasteiger partial charge in [0.15, 0.2) is 0 Å². The number of rotatable bonds is 3. The number of carbonyl (C=O) groups is 1. The van der Waals surface area contributed by atoms with E-state index >= 15 is 0 Å². The van der Waals surface area contributed by atoms with Gasteiger partial charge in [0.2, 0.25) is 5.91 Å². The first kappa shape index (κ1) is 14.1. The third-order valence-electron chi connectivity index (χ3n) is 2.92.